The molecule has 0 atom stereocenters. The second-order valence-electron chi connectivity index (χ2n) is 10.0. The molecule has 3 aromatic rings. The number of nitrogens with zero attached hydrogens (tertiary/aromatic N) is 2. The summed E-state index contributed by atoms with van der Waals surface area (Å²) < 4.78 is 8.73. The lowest BCUT2D eigenvalue weighted by atomic mass is 9.81. The predicted octanol–water partition coefficient (Wildman–Crippen LogP) is 7.00. The SMILES string of the molecule is CN.Cc1cc(OSNC=C2CCC2)ccc1C(C)C.Nc1ccc(-c2ccc(C(=O)C3CCC3)nc2)cn1. The number of nitrogen functional groups attached to an aromatic ring is 1. The van der Waals surface area contributed by atoms with Crippen molar-refractivity contribution in [3.63, 3.8) is 0 Å². The molecule has 0 radical (unpaired) electrons. The molecular weight excluding hydrogens is 506 g/mol. The molecule has 7 nitrogen and oxygen atoms in total. The van der Waals surface area contributed by atoms with Crippen LogP contribution >= 0.6 is 12.2 Å². The second kappa shape index (κ2) is 15.3. The maximum atomic E-state index is 12.0. The maximum absolute atomic E-state index is 12.0. The van der Waals surface area contributed by atoms with Crippen LogP contribution in [0.4, 0.5) is 5.82 Å². The van der Waals surface area contributed by atoms with E-state index in [9.17, 15) is 4.79 Å². The zero-order valence-corrected chi connectivity index (χ0v) is 24.3. The number of aryl methyl sites for hydroxylation is 1. The van der Waals surface area contributed by atoms with Crippen LogP contribution in [0, 0.1) is 12.8 Å². The summed E-state index contributed by atoms with van der Waals surface area (Å²) in [6.45, 7) is 6.56. The smallest absolute Gasteiger partial charge is 0.184 e. The largest absolute Gasteiger partial charge is 0.405 e. The van der Waals surface area contributed by atoms with Gasteiger partial charge in [0.1, 0.15) is 17.3 Å². The fourth-order valence-electron chi connectivity index (χ4n) is 4.22. The van der Waals surface area contributed by atoms with Crippen molar-refractivity contribution in [2.75, 3.05) is 12.8 Å². The number of hydrogen-bond acceptors (Lipinski definition) is 8. The third-order valence-electron chi connectivity index (χ3n) is 6.92. The minimum Gasteiger partial charge on any atom is -0.405 e. The molecule has 0 bridgehead atoms. The summed E-state index contributed by atoms with van der Waals surface area (Å²) in [5.74, 6) is 2.33. The van der Waals surface area contributed by atoms with Crippen molar-refractivity contribution < 1.29 is 8.98 Å². The number of pyridine rings is 2. The van der Waals surface area contributed by atoms with E-state index in [2.05, 4.69) is 59.5 Å². The van der Waals surface area contributed by atoms with Crippen molar-refractivity contribution in [3.8, 4) is 16.9 Å². The number of Topliss-reactive ketones (excluding diaryl/α,β-unsaturated/α-hetero) is 1. The third kappa shape index (κ3) is 8.83. The molecule has 2 fully saturated rings. The molecule has 39 heavy (non-hydrogen) atoms. The summed E-state index contributed by atoms with van der Waals surface area (Å²) in [5.41, 5.74) is 16.7. The van der Waals surface area contributed by atoms with Crippen LogP contribution in [-0.2, 0) is 0 Å². The fourth-order valence-corrected chi connectivity index (χ4v) is 4.68. The molecule has 2 saturated carbocycles. The summed E-state index contributed by atoms with van der Waals surface area (Å²) in [5, 5.41) is 0. The van der Waals surface area contributed by atoms with Crippen LogP contribution in [0.25, 0.3) is 11.1 Å². The predicted molar refractivity (Wildman–Crippen MR) is 162 cm³/mol. The number of carbonyl (C=O) groups is 1. The highest BCUT2D eigenvalue weighted by Gasteiger charge is 2.26. The molecule has 2 aliphatic carbocycles. The van der Waals surface area contributed by atoms with Gasteiger partial charge in [-0.25, -0.2) is 4.98 Å². The van der Waals surface area contributed by atoms with E-state index in [0.717, 1.165) is 36.1 Å². The number of hydrogen-bond donors (Lipinski definition) is 3. The second-order valence-corrected chi connectivity index (χ2v) is 10.6. The topological polar surface area (TPSA) is 116 Å². The van der Waals surface area contributed by atoms with Gasteiger partial charge in [0.05, 0.1) is 0 Å². The molecule has 1 aromatic carbocycles. The number of ketones is 1. The molecule has 2 heterocycles. The van der Waals surface area contributed by atoms with Gasteiger partial charge in [0.25, 0.3) is 0 Å². The number of carbonyl (C=O) groups excluding carboxylic acids is 1. The number of anilines is 1. The first kappa shape index (κ1) is 30.2. The van der Waals surface area contributed by atoms with Crippen molar-refractivity contribution in [1.29, 1.82) is 0 Å². The van der Waals surface area contributed by atoms with E-state index in [1.165, 1.54) is 55.2 Å². The van der Waals surface area contributed by atoms with Gasteiger partial charge in [-0.15, -0.1) is 0 Å². The summed E-state index contributed by atoms with van der Waals surface area (Å²) in [4.78, 5) is 20.3. The van der Waals surface area contributed by atoms with E-state index < -0.39 is 0 Å². The normalized spacial score (nSPS) is 14.1. The molecule has 5 N–H and O–H groups in total. The molecular formula is C31H41N5O2S. The Bertz CT molecular complexity index is 1220. The van der Waals surface area contributed by atoms with Crippen molar-refractivity contribution >= 4 is 23.8 Å². The molecule has 0 saturated heterocycles. The maximum Gasteiger partial charge on any atom is 0.184 e. The van der Waals surface area contributed by atoms with Crippen molar-refractivity contribution in [2.24, 2.45) is 11.7 Å². The van der Waals surface area contributed by atoms with Crippen molar-refractivity contribution in [3.05, 3.63) is 83.5 Å². The Morgan fingerprint density at radius 2 is 1.72 bits per heavy atom. The van der Waals surface area contributed by atoms with Crippen LogP contribution in [0.15, 0.2) is 66.6 Å². The Hall–Kier alpha value is -3.36. The van der Waals surface area contributed by atoms with E-state index >= 15 is 0 Å². The highest BCUT2D eigenvalue weighted by Crippen LogP contribution is 2.30. The lowest BCUT2D eigenvalue weighted by Gasteiger charge is -2.23. The fraction of sp³-hybridized carbons (Fsp3) is 0.387. The number of allylic oxidation sites excluding steroid dienone is 1. The first-order valence-electron chi connectivity index (χ1n) is 13.6. The quantitative estimate of drug-likeness (QED) is 0.119. The molecule has 0 amide bonds. The molecule has 2 aliphatic rings. The van der Waals surface area contributed by atoms with Crippen molar-refractivity contribution in [1.82, 2.24) is 14.7 Å². The summed E-state index contributed by atoms with van der Waals surface area (Å²) in [7, 11) is 1.50. The Kier molecular flexibility index (Phi) is 11.8. The highest BCUT2D eigenvalue weighted by atomic mass is 32.2. The average Bonchev–Trinajstić information content (AvgIpc) is 2.88. The lowest BCUT2D eigenvalue weighted by molar-refractivity contribution is 0.0850. The van der Waals surface area contributed by atoms with Gasteiger partial charge in [0.15, 0.2) is 18.0 Å². The van der Waals surface area contributed by atoms with Crippen molar-refractivity contribution in [2.45, 2.75) is 65.2 Å². The molecule has 0 aliphatic heterocycles. The van der Waals surface area contributed by atoms with E-state index in [-0.39, 0.29) is 11.7 Å². The molecule has 2 aromatic heterocycles. The van der Waals surface area contributed by atoms with Crippen LogP contribution in [0.5, 0.6) is 5.75 Å². The monoisotopic (exact) mass is 547 g/mol. The third-order valence-corrected chi connectivity index (χ3v) is 7.41. The van der Waals surface area contributed by atoms with Crippen LogP contribution in [-0.4, -0.2) is 22.8 Å². The molecule has 0 unspecified atom stereocenters. The van der Waals surface area contributed by atoms with E-state index in [1.54, 1.807) is 24.5 Å². The summed E-state index contributed by atoms with van der Waals surface area (Å²) >= 11 is 1.28. The molecule has 5 rings (SSSR count). The van der Waals surface area contributed by atoms with Crippen LogP contribution in [0.1, 0.15) is 79.9 Å². The zero-order chi connectivity index (χ0) is 28.2. The zero-order valence-electron chi connectivity index (χ0n) is 23.4. The standard InChI is InChI=1S/C15H15N3O.C15H21NOS.CH5N/c16-14-7-5-12(9-18-14)11-4-6-13(17-8-11)15(19)10-2-1-3-10;1-11(2)15-8-7-14(9-12(15)3)17-18-16-10-13-5-4-6-13;1-2/h4-10H,1-3H2,(H2,16,18);7-11,16H,4-6H2,1-3H3;2H2,1H3. The van der Waals surface area contributed by atoms with E-state index in [4.69, 9.17) is 9.92 Å². The van der Waals surface area contributed by atoms with Crippen LogP contribution in [0.3, 0.4) is 0 Å². The van der Waals surface area contributed by atoms with Crippen LogP contribution in [0.2, 0.25) is 0 Å². The van der Waals surface area contributed by atoms with Crippen LogP contribution < -0.4 is 20.4 Å². The van der Waals surface area contributed by atoms with Gasteiger partial charge in [-0.2, -0.15) is 0 Å². The Morgan fingerprint density at radius 1 is 1.03 bits per heavy atom. The van der Waals surface area contributed by atoms with Gasteiger partial charge in [-0.3, -0.25) is 9.78 Å². The first-order chi connectivity index (χ1) is 18.9. The van der Waals surface area contributed by atoms with Gasteiger partial charge in [-0.1, -0.05) is 38.0 Å². The highest BCUT2D eigenvalue weighted by molar-refractivity contribution is 7.93. The van der Waals surface area contributed by atoms with Gasteiger partial charge in [0.2, 0.25) is 0 Å². The molecule has 208 valence electrons. The van der Waals surface area contributed by atoms with Gasteiger partial charge in [0, 0.05) is 35.6 Å². The number of benzene rings is 1. The summed E-state index contributed by atoms with van der Waals surface area (Å²) in [6.07, 6.45) is 12.4. The Balaban J connectivity index is 0.000000203. The Labute approximate surface area is 237 Å². The molecule has 8 heteroatoms. The number of aromatic nitrogens is 2. The van der Waals surface area contributed by atoms with E-state index in [1.807, 2.05) is 18.2 Å². The van der Waals surface area contributed by atoms with Gasteiger partial charge >= 0.3 is 0 Å². The number of nitrogens with two attached hydrogens (primary N) is 2. The minimum absolute atomic E-state index is 0.174. The Morgan fingerprint density at radius 3 is 2.21 bits per heavy atom. The minimum atomic E-state index is 0.174. The number of rotatable bonds is 8. The first-order valence-corrected chi connectivity index (χ1v) is 14.3. The van der Waals surface area contributed by atoms with E-state index in [0.29, 0.717) is 17.4 Å². The van der Waals surface area contributed by atoms with Gasteiger partial charge < -0.3 is 20.4 Å². The summed E-state index contributed by atoms with van der Waals surface area (Å²) in [6, 6.07) is 13.6. The number of nitrogens with one attached hydrogen (secondary N) is 1. The molecule has 0 spiro atoms. The van der Waals surface area contributed by atoms with Gasteiger partial charge in [-0.05, 0) is 93.5 Å². The lowest BCUT2D eigenvalue weighted by Crippen LogP contribution is -2.22. The average molecular weight is 548 g/mol.